The van der Waals surface area contributed by atoms with Gasteiger partial charge in [-0.15, -0.1) is 15.3 Å². The molecule has 0 radical (unpaired) electrons. The van der Waals surface area contributed by atoms with Crippen LogP contribution < -0.4 is 4.74 Å². The number of thioether (sulfide) groups is 1. The van der Waals surface area contributed by atoms with Gasteiger partial charge >= 0.3 is 0 Å². The molecule has 4 rings (SSSR count). The van der Waals surface area contributed by atoms with Gasteiger partial charge in [0.1, 0.15) is 12.4 Å². The summed E-state index contributed by atoms with van der Waals surface area (Å²) in [5, 5.41) is 22.1. The predicted molar refractivity (Wildman–Crippen MR) is 110 cm³/mol. The molecule has 0 bridgehead atoms. The monoisotopic (exact) mass is 427 g/mol. The van der Waals surface area contributed by atoms with Crippen LogP contribution in [0.1, 0.15) is 23.8 Å². The lowest BCUT2D eigenvalue weighted by Gasteiger charge is -2.11. The minimum absolute atomic E-state index is 0.0295. The first-order chi connectivity index (χ1) is 14.1. The highest BCUT2D eigenvalue weighted by Gasteiger charge is 2.20. The Hall–Kier alpha value is -2.91. The van der Waals surface area contributed by atoms with Crippen LogP contribution in [-0.2, 0) is 13.7 Å². The van der Waals surface area contributed by atoms with Gasteiger partial charge in [-0.2, -0.15) is 4.68 Å². The Labute approximate surface area is 176 Å². The number of tetrazole rings is 1. The Kier molecular flexibility index (Phi) is 5.77. The number of aromatic nitrogens is 7. The van der Waals surface area contributed by atoms with Crippen molar-refractivity contribution in [3.8, 4) is 11.4 Å². The van der Waals surface area contributed by atoms with Crippen molar-refractivity contribution < 1.29 is 4.74 Å². The summed E-state index contributed by atoms with van der Waals surface area (Å²) < 4.78 is 9.41. The van der Waals surface area contributed by atoms with E-state index in [4.69, 9.17) is 16.3 Å². The molecule has 148 valence electrons. The lowest BCUT2D eigenvalue weighted by Crippen LogP contribution is -2.07. The maximum atomic E-state index is 5.90. The quantitative estimate of drug-likeness (QED) is 0.414. The van der Waals surface area contributed by atoms with E-state index in [1.807, 2.05) is 61.0 Å². The van der Waals surface area contributed by atoms with Gasteiger partial charge in [0.2, 0.25) is 0 Å². The molecule has 2 aromatic carbocycles. The van der Waals surface area contributed by atoms with E-state index < -0.39 is 0 Å². The van der Waals surface area contributed by atoms with Crippen LogP contribution in [0.4, 0.5) is 0 Å². The molecule has 0 saturated carbocycles. The predicted octanol–water partition coefficient (Wildman–Crippen LogP) is 3.88. The Morgan fingerprint density at radius 1 is 1.03 bits per heavy atom. The third kappa shape index (κ3) is 4.41. The molecule has 0 aliphatic carbocycles. The first kappa shape index (κ1) is 19.4. The van der Waals surface area contributed by atoms with Gasteiger partial charge < -0.3 is 9.30 Å². The summed E-state index contributed by atoms with van der Waals surface area (Å²) in [7, 11) is 1.91. The highest BCUT2D eigenvalue weighted by atomic mass is 35.5. The molecule has 0 aliphatic rings. The molecule has 0 spiro atoms. The summed E-state index contributed by atoms with van der Waals surface area (Å²) in [6.45, 7) is 2.34. The molecule has 1 unspecified atom stereocenters. The lowest BCUT2D eigenvalue weighted by atomic mass is 10.3. The van der Waals surface area contributed by atoms with Crippen molar-refractivity contribution in [3.05, 3.63) is 71.3 Å². The number of halogens is 1. The maximum absolute atomic E-state index is 5.90. The summed E-state index contributed by atoms with van der Waals surface area (Å²) in [6, 6.07) is 17.0. The first-order valence-corrected chi connectivity index (χ1v) is 10.1. The molecule has 4 aromatic rings. The normalized spacial score (nSPS) is 12.1. The smallest absolute Gasteiger partial charge is 0.191 e. The maximum Gasteiger partial charge on any atom is 0.191 e. The van der Waals surface area contributed by atoms with E-state index in [-0.39, 0.29) is 5.25 Å². The van der Waals surface area contributed by atoms with Crippen molar-refractivity contribution in [1.29, 1.82) is 0 Å². The standard InChI is InChI=1S/C19H18ClN7OS/c1-13(18-22-24-25-27(18)15-6-4-3-5-7-15)29-19-23-21-17(26(19)2)12-28-16-10-8-14(20)9-11-16/h3-11,13H,12H2,1-2H3. The van der Waals surface area contributed by atoms with E-state index in [0.29, 0.717) is 11.6 Å². The molecule has 29 heavy (non-hydrogen) atoms. The summed E-state index contributed by atoms with van der Waals surface area (Å²) in [5.74, 6) is 2.18. The van der Waals surface area contributed by atoms with Gasteiger partial charge in [-0.1, -0.05) is 41.6 Å². The van der Waals surface area contributed by atoms with Crippen molar-refractivity contribution in [2.45, 2.75) is 23.9 Å². The summed E-state index contributed by atoms with van der Waals surface area (Å²) in [6.07, 6.45) is 0. The van der Waals surface area contributed by atoms with Gasteiger partial charge in [0.05, 0.1) is 10.9 Å². The molecule has 0 fully saturated rings. The minimum Gasteiger partial charge on any atom is -0.486 e. The molecule has 10 heteroatoms. The Morgan fingerprint density at radius 3 is 2.55 bits per heavy atom. The largest absolute Gasteiger partial charge is 0.486 e. The number of para-hydroxylation sites is 1. The molecule has 0 N–H and O–H groups in total. The van der Waals surface area contributed by atoms with Gasteiger partial charge in [-0.05, 0) is 53.7 Å². The van der Waals surface area contributed by atoms with Crippen LogP contribution in [0.3, 0.4) is 0 Å². The fourth-order valence-electron chi connectivity index (χ4n) is 2.66. The third-order valence-corrected chi connectivity index (χ3v) is 5.63. The molecule has 0 saturated heterocycles. The van der Waals surface area contributed by atoms with Gasteiger partial charge in [0.25, 0.3) is 0 Å². The average Bonchev–Trinajstić information content (AvgIpc) is 3.36. The van der Waals surface area contributed by atoms with Crippen LogP contribution in [0.5, 0.6) is 5.75 Å². The van der Waals surface area contributed by atoms with Gasteiger partial charge in [0, 0.05) is 12.1 Å². The van der Waals surface area contributed by atoms with E-state index in [9.17, 15) is 0 Å². The van der Waals surface area contributed by atoms with Crippen LogP contribution in [0, 0.1) is 0 Å². The van der Waals surface area contributed by atoms with E-state index >= 15 is 0 Å². The Balaban J connectivity index is 1.45. The highest BCUT2D eigenvalue weighted by Crippen LogP contribution is 2.33. The van der Waals surface area contributed by atoms with Crippen LogP contribution in [0.15, 0.2) is 59.8 Å². The second kappa shape index (κ2) is 8.62. The molecule has 8 nitrogen and oxygen atoms in total. The van der Waals surface area contributed by atoms with Crippen molar-refractivity contribution in [1.82, 2.24) is 35.0 Å². The summed E-state index contributed by atoms with van der Waals surface area (Å²) in [5.41, 5.74) is 0.912. The fraction of sp³-hybridized carbons (Fsp3) is 0.211. The number of hydrogen-bond acceptors (Lipinski definition) is 7. The lowest BCUT2D eigenvalue weighted by molar-refractivity contribution is 0.290. The summed E-state index contributed by atoms with van der Waals surface area (Å²) >= 11 is 7.43. The molecular formula is C19H18ClN7OS. The van der Waals surface area contributed by atoms with Crippen LogP contribution in [-0.4, -0.2) is 35.0 Å². The van der Waals surface area contributed by atoms with E-state index in [1.54, 1.807) is 16.8 Å². The molecule has 2 aromatic heterocycles. The van der Waals surface area contributed by atoms with Crippen LogP contribution in [0.2, 0.25) is 5.02 Å². The second-order valence-electron chi connectivity index (χ2n) is 6.24. The Morgan fingerprint density at radius 2 is 1.79 bits per heavy atom. The van der Waals surface area contributed by atoms with Crippen molar-refractivity contribution in [2.75, 3.05) is 0 Å². The zero-order valence-corrected chi connectivity index (χ0v) is 17.4. The van der Waals surface area contributed by atoms with Crippen molar-refractivity contribution in [2.24, 2.45) is 7.05 Å². The van der Waals surface area contributed by atoms with Crippen LogP contribution >= 0.6 is 23.4 Å². The zero-order valence-electron chi connectivity index (χ0n) is 15.8. The molecule has 2 heterocycles. The number of ether oxygens (including phenoxy) is 1. The topological polar surface area (TPSA) is 83.5 Å². The SMILES string of the molecule is CC(Sc1nnc(COc2ccc(Cl)cc2)n1C)c1nnnn1-c1ccccc1. The van der Waals surface area contributed by atoms with Gasteiger partial charge in [-0.25, -0.2) is 0 Å². The van der Waals surface area contributed by atoms with E-state index in [2.05, 4.69) is 25.7 Å². The Bertz CT molecular complexity index is 1080. The first-order valence-electron chi connectivity index (χ1n) is 8.89. The second-order valence-corrected chi connectivity index (χ2v) is 7.99. The van der Waals surface area contributed by atoms with E-state index in [0.717, 1.165) is 28.2 Å². The number of rotatable bonds is 7. The fourth-order valence-corrected chi connectivity index (χ4v) is 3.71. The van der Waals surface area contributed by atoms with E-state index in [1.165, 1.54) is 11.8 Å². The minimum atomic E-state index is -0.0295. The molecule has 0 amide bonds. The van der Waals surface area contributed by atoms with Gasteiger partial charge in [-0.3, -0.25) is 0 Å². The zero-order chi connectivity index (χ0) is 20.2. The molecular weight excluding hydrogens is 410 g/mol. The van der Waals surface area contributed by atoms with Gasteiger partial charge in [0.15, 0.2) is 16.8 Å². The van der Waals surface area contributed by atoms with Crippen molar-refractivity contribution >= 4 is 23.4 Å². The number of nitrogens with zero attached hydrogens (tertiary/aromatic N) is 7. The highest BCUT2D eigenvalue weighted by molar-refractivity contribution is 7.99. The number of benzene rings is 2. The number of hydrogen-bond donors (Lipinski definition) is 0. The molecule has 0 aliphatic heterocycles. The third-order valence-electron chi connectivity index (χ3n) is 4.25. The van der Waals surface area contributed by atoms with Crippen molar-refractivity contribution in [3.63, 3.8) is 0 Å². The summed E-state index contributed by atoms with van der Waals surface area (Å²) in [4.78, 5) is 0. The average molecular weight is 428 g/mol. The van der Waals surface area contributed by atoms with Crippen LogP contribution in [0.25, 0.3) is 5.69 Å². The molecule has 1 atom stereocenters.